The zero-order chi connectivity index (χ0) is 12.9. The average Bonchev–Trinajstić information content (AvgIpc) is 2.31. The average molecular weight is 243 g/mol. The molecular weight excluding hydrogens is 214 g/mol. The number of aliphatic carboxylic acids is 1. The first-order valence-electron chi connectivity index (χ1n) is 7.17. The molecule has 0 amide bonds. The zero-order valence-corrected chi connectivity index (χ0v) is 11.3. The van der Waals surface area contributed by atoms with Gasteiger partial charge in [-0.25, -0.2) is 0 Å². The molecule has 3 N–H and O–H groups in total. The van der Waals surface area contributed by atoms with Crippen LogP contribution in [0, 0.1) is 0 Å². The van der Waals surface area contributed by atoms with Crippen LogP contribution in [0.4, 0.5) is 0 Å². The standard InChI is InChI=1S/C14H29NO2/c1-2-3-4-5-6-7-8-9-10-11-12-13(15)14(16)17/h13H,2-12,15H2,1H3,(H,16,17)/t13-/m0/s1. The number of hydrogen-bond acceptors (Lipinski definition) is 2. The molecule has 0 bridgehead atoms. The number of rotatable bonds is 12. The summed E-state index contributed by atoms with van der Waals surface area (Å²) in [4.78, 5) is 10.5. The molecule has 0 spiro atoms. The van der Waals surface area contributed by atoms with Gasteiger partial charge in [-0.3, -0.25) is 4.79 Å². The molecule has 0 aromatic heterocycles. The van der Waals surface area contributed by atoms with Gasteiger partial charge in [0, 0.05) is 0 Å². The summed E-state index contributed by atoms with van der Waals surface area (Å²) in [7, 11) is 0. The topological polar surface area (TPSA) is 63.3 Å². The van der Waals surface area contributed by atoms with E-state index in [2.05, 4.69) is 6.92 Å². The fraction of sp³-hybridized carbons (Fsp3) is 0.929. The molecule has 0 unspecified atom stereocenters. The molecule has 17 heavy (non-hydrogen) atoms. The maximum atomic E-state index is 10.5. The molecule has 0 aliphatic carbocycles. The molecular formula is C14H29NO2. The van der Waals surface area contributed by atoms with Crippen LogP contribution >= 0.6 is 0 Å². The summed E-state index contributed by atoms with van der Waals surface area (Å²) in [6.07, 6.45) is 13.3. The van der Waals surface area contributed by atoms with Crippen LogP contribution in [-0.2, 0) is 4.79 Å². The highest BCUT2D eigenvalue weighted by Crippen LogP contribution is 2.11. The molecule has 0 rings (SSSR count). The van der Waals surface area contributed by atoms with Crippen LogP contribution in [0.5, 0.6) is 0 Å². The zero-order valence-electron chi connectivity index (χ0n) is 11.3. The van der Waals surface area contributed by atoms with Crippen molar-refractivity contribution in [3.8, 4) is 0 Å². The van der Waals surface area contributed by atoms with E-state index in [4.69, 9.17) is 10.8 Å². The van der Waals surface area contributed by atoms with Gasteiger partial charge in [0.2, 0.25) is 0 Å². The lowest BCUT2D eigenvalue weighted by molar-refractivity contribution is -0.138. The Hall–Kier alpha value is -0.570. The van der Waals surface area contributed by atoms with Gasteiger partial charge < -0.3 is 10.8 Å². The van der Waals surface area contributed by atoms with Crippen LogP contribution in [0.3, 0.4) is 0 Å². The number of unbranched alkanes of at least 4 members (excludes halogenated alkanes) is 9. The van der Waals surface area contributed by atoms with Crippen LogP contribution < -0.4 is 5.73 Å². The Morgan fingerprint density at radius 2 is 1.35 bits per heavy atom. The Morgan fingerprint density at radius 1 is 0.941 bits per heavy atom. The van der Waals surface area contributed by atoms with E-state index in [0.717, 1.165) is 12.8 Å². The summed E-state index contributed by atoms with van der Waals surface area (Å²) < 4.78 is 0. The summed E-state index contributed by atoms with van der Waals surface area (Å²) in [5.41, 5.74) is 5.43. The van der Waals surface area contributed by atoms with Gasteiger partial charge in [0.05, 0.1) is 0 Å². The second-order valence-corrected chi connectivity index (χ2v) is 4.92. The second-order valence-electron chi connectivity index (χ2n) is 4.92. The quantitative estimate of drug-likeness (QED) is 0.514. The Labute approximate surface area is 106 Å². The molecule has 0 aromatic carbocycles. The molecule has 0 saturated carbocycles. The Bertz CT molecular complexity index is 183. The van der Waals surface area contributed by atoms with Crippen molar-refractivity contribution in [3.05, 3.63) is 0 Å². The summed E-state index contributed by atoms with van der Waals surface area (Å²) in [6, 6.07) is -0.663. The van der Waals surface area contributed by atoms with Crippen molar-refractivity contribution < 1.29 is 9.90 Å². The fourth-order valence-corrected chi connectivity index (χ4v) is 1.98. The highest BCUT2D eigenvalue weighted by Gasteiger charge is 2.09. The van der Waals surface area contributed by atoms with Gasteiger partial charge in [0.25, 0.3) is 0 Å². The van der Waals surface area contributed by atoms with Crippen molar-refractivity contribution in [3.63, 3.8) is 0 Å². The highest BCUT2D eigenvalue weighted by molar-refractivity contribution is 5.72. The van der Waals surface area contributed by atoms with Crippen LogP contribution in [0.2, 0.25) is 0 Å². The third-order valence-electron chi connectivity index (χ3n) is 3.19. The van der Waals surface area contributed by atoms with Crippen molar-refractivity contribution in [2.75, 3.05) is 0 Å². The minimum Gasteiger partial charge on any atom is -0.480 e. The number of carboxylic acid groups (broad SMARTS) is 1. The lowest BCUT2D eigenvalue weighted by Crippen LogP contribution is -2.29. The van der Waals surface area contributed by atoms with Gasteiger partial charge in [-0.15, -0.1) is 0 Å². The Morgan fingerprint density at radius 3 is 1.76 bits per heavy atom. The first-order chi connectivity index (χ1) is 8.18. The summed E-state index contributed by atoms with van der Waals surface area (Å²) in [5, 5.41) is 8.60. The van der Waals surface area contributed by atoms with Crippen molar-refractivity contribution in [2.45, 2.75) is 83.6 Å². The maximum absolute atomic E-state index is 10.5. The van der Waals surface area contributed by atoms with Gasteiger partial charge in [-0.1, -0.05) is 71.1 Å². The van der Waals surface area contributed by atoms with E-state index in [9.17, 15) is 4.79 Å². The van der Waals surface area contributed by atoms with Crippen LogP contribution in [-0.4, -0.2) is 17.1 Å². The van der Waals surface area contributed by atoms with Gasteiger partial charge >= 0.3 is 5.97 Å². The fourth-order valence-electron chi connectivity index (χ4n) is 1.98. The van der Waals surface area contributed by atoms with Crippen molar-refractivity contribution in [2.24, 2.45) is 5.73 Å². The van der Waals surface area contributed by atoms with Crippen LogP contribution in [0.25, 0.3) is 0 Å². The van der Waals surface area contributed by atoms with Crippen molar-refractivity contribution in [1.29, 1.82) is 0 Å². The van der Waals surface area contributed by atoms with Gasteiger partial charge in [0.1, 0.15) is 6.04 Å². The number of nitrogens with two attached hydrogens (primary N) is 1. The van der Waals surface area contributed by atoms with Crippen molar-refractivity contribution >= 4 is 5.97 Å². The second kappa shape index (κ2) is 11.9. The Balaban J connectivity index is 3.06. The third-order valence-corrected chi connectivity index (χ3v) is 3.19. The molecule has 0 heterocycles. The van der Waals surface area contributed by atoms with Gasteiger partial charge in [0.15, 0.2) is 0 Å². The molecule has 0 radical (unpaired) electrons. The first kappa shape index (κ1) is 16.4. The lowest BCUT2D eigenvalue weighted by Gasteiger charge is -2.05. The van der Waals surface area contributed by atoms with E-state index >= 15 is 0 Å². The van der Waals surface area contributed by atoms with E-state index in [1.165, 1.54) is 51.4 Å². The largest absolute Gasteiger partial charge is 0.480 e. The molecule has 0 fully saturated rings. The molecule has 0 aliphatic heterocycles. The van der Waals surface area contributed by atoms with E-state index in [-0.39, 0.29) is 0 Å². The maximum Gasteiger partial charge on any atom is 0.320 e. The highest BCUT2D eigenvalue weighted by atomic mass is 16.4. The van der Waals surface area contributed by atoms with E-state index < -0.39 is 12.0 Å². The minimum atomic E-state index is -0.874. The first-order valence-corrected chi connectivity index (χ1v) is 7.17. The van der Waals surface area contributed by atoms with E-state index in [1.54, 1.807) is 0 Å². The molecule has 0 saturated heterocycles. The summed E-state index contributed by atoms with van der Waals surface area (Å²) in [5.74, 6) is -0.874. The smallest absolute Gasteiger partial charge is 0.320 e. The third kappa shape index (κ3) is 11.7. The minimum absolute atomic E-state index is 0.617. The number of carbonyl (C=O) groups is 1. The number of hydrogen-bond donors (Lipinski definition) is 2. The van der Waals surface area contributed by atoms with Crippen LogP contribution in [0.1, 0.15) is 77.6 Å². The van der Waals surface area contributed by atoms with E-state index in [0.29, 0.717) is 6.42 Å². The SMILES string of the molecule is CCCCCCCCCCCC[C@H](N)C(=O)O. The lowest BCUT2D eigenvalue weighted by atomic mass is 10.0. The molecule has 3 heteroatoms. The molecule has 1 atom stereocenters. The van der Waals surface area contributed by atoms with Crippen LogP contribution in [0.15, 0.2) is 0 Å². The van der Waals surface area contributed by atoms with Crippen molar-refractivity contribution in [1.82, 2.24) is 0 Å². The van der Waals surface area contributed by atoms with Gasteiger partial charge in [-0.2, -0.15) is 0 Å². The monoisotopic (exact) mass is 243 g/mol. The number of carboxylic acids is 1. The summed E-state index contributed by atoms with van der Waals surface area (Å²) in [6.45, 7) is 2.24. The normalized spacial score (nSPS) is 12.6. The van der Waals surface area contributed by atoms with E-state index in [1.807, 2.05) is 0 Å². The Kier molecular flexibility index (Phi) is 11.5. The molecule has 3 nitrogen and oxygen atoms in total. The van der Waals surface area contributed by atoms with Gasteiger partial charge in [-0.05, 0) is 6.42 Å². The molecule has 102 valence electrons. The summed E-state index contributed by atoms with van der Waals surface area (Å²) >= 11 is 0. The molecule has 0 aliphatic rings. The molecule has 0 aromatic rings. The predicted octanol–water partition coefficient (Wildman–Crippen LogP) is 3.71. The predicted molar refractivity (Wildman–Crippen MR) is 72.1 cm³/mol.